The van der Waals surface area contributed by atoms with E-state index < -0.39 is 5.91 Å². The van der Waals surface area contributed by atoms with Gasteiger partial charge in [-0.05, 0) is 31.0 Å². The zero-order valence-electron chi connectivity index (χ0n) is 13.3. The summed E-state index contributed by atoms with van der Waals surface area (Å²) in [4.78, 5) is 30.2. The summed E-state index contributed by atoms with van der Waals surface area (Å²) in [5.41, 5.74) is 13.0. The zero-order chi connectivity index (χ0) is 17.6. The number of H-pyrrole nitrogens is 1. The normalized spacial score (nSPS) is 13.8. The Labute approximate surface area is 142 Å². The van der Waals surface area contributed by atoms with Gasteiger partial charge in [-0.15, -0.1) is 0 Å². The number of aromatic nitrogens is 3. The molecule has 5 N–H and O–H groups in total. The van der Waals surface area contributed by atoms with Crippen molar-refractivity contribution in [2.75, 3.05) is 0 Å². The molecule has 0 radical (unpaired) electrons. The molecule has 4 rings (SSSR count). The number of pyridine rings is 1. The molecule has 126 valence electrons. The third kappa shape index (κ3) is 2.78. The highest BCUT2D eigenvalue weighted by Crippen LogP contribution is 2.41. The Morgan fingerprint density at radius 1 is 1.24 bits per heavy atom. The third-order valence-corrected chi connectivity index (χ3v) is 4.16. The van der Waals surface area contributed by atoms with Crippen LogP contribution in [0, 0.1) is 0 Å². The van der Waals surface area contributed by atoms with Crippen LogP contribution in [0.3, 0.4) is 0 Å². The lowest BCUT2D eigenvalue weighted by Gasteiger charge is -2.06. The van der Waals surface area contributed by atoms with Crippen LogP contribution >= 0.6 is 0 Å². The number of nitrogens with two attached hydrogens (primary N) is 2. The van der Waals surface area contributed by atoms with Crippen LogP contribution in [-0.2, 0) is 0 Å². The lowest BCUT2D eigenvalue weighted by molar-refractivity contribution is 0.100. The molecule has 0 atom stereocenters. The number of carbonyl (C=O) groups excluding carboxylic acids is 1. The van der Waals surface area contributed by atoms with E-state index in [9.17, 15) is 9.59 Å². The minimum Gasteiger partial charge on any atom is -0.370 e. The number of guanidine groups is 1. The molecule has 0 bridgehead atoms. The van der Waals surface area contributed by atoms with Crippen LogP contribution in [0.4, 0.5) is 0 Å². The SMILES string of the molecule is NC(N)=NC(=O)c1cn(-c2cccc3[nH]c(=O)ccc23)nc1C1CC1. The summed E-state index contributed by atoms with van der Waals surface area (Å²) in [6.45, 7) is 0. The molecule has 8 heteroatoms. The Bertz CT molecular complexity index is 1070. The first kappa shape index (κ1) is 15.1. The van der Waals surface area contributed by atoms with Crippen molar-refractivity contribution in [3.8, 4) is 5.69 Å². The summed E-state index contributed by atoms with van der Waals surface area (Å²) in [6, 6.07) is 8.71. The van der Waals surface area contributed by atoms with Gasteiger partial charge in [-0.3, -0.25) is 9.59 Å². The van der Waals surface area contributed by atoms with Gasteiger partial charge in [0, 0.05) is 23.6 Å². The monoisotopic (exact) mass is 336 g/mol. The van der Waals surface area contributed by atoms with E-state index in [1.54, 1.807) is 16.9 Å². The van der Waals surface area contributed by atoms with Crippen molar-refractivity contribution in [2.45, 2.75) is 18.8 Å². The number of nitrogens with zero attached hydrogens (tertiary/aromatic N) is 3. The van der Waals surface area contributed by atoms with Crippen LogP contribution in [0.15, 0.2) is 46.3 Å². The maximum Gasteiger partial charge on any atom is 0.283 e. The third-order valence-electron chi connectivity index (χ3n) is 4.16. The standard InChI is InChI=1S/C17H16N6O2/c18-17(19)21-16(25)11-8-23(22-15(11)9-4-5-9)13-3-1-2-12-10(13)6-7-14(24)20-12/h1-3,6-9H,4-5H2,(H,20,24)(H4,18,19,21,25). The largest absolute Gasteiger partial charge is 0.370 e. The molecule has 0 aliphatic heterocycles. The molecule has 8 nitrogen and oxygen atoms in total. The molecule has 1 fully saturated rings. The molecular weight excluding hydrogens is 320 g/mol. The molecule has 2 aromatic heterocycles. The van der Waals surface area contributed by atoms with Crippen molar-refractivity contribution in [1.82, 2.24) is 14.8 Å². The number of carbonyl (C=O) groups is 1. The van der Waals surface area contributed by atoms with E-state index in [1.807, 2.05) is 18.2 Å². The molecule has 3 aromatic rings. The highest BCUT2D eigenvalue weighted by molar-refractivity contribution is 6.02. The predicted octanol–water partition coefficient (Wildman–Crippen LogP) is 1.00. The quantitative estimate of drug-likeness (QED) is 0.485. The average molecular weight is 336 g/mol. The highest BCUT2D eigenvalue weighted by atomic mass is 16.1. The Morgan fingerprint density at radius 2 is 2.04 bits per heavy atom. The van der Waals surface area contributed by atoms with Gasteiger partial charge < -0.3 is 16.5 Å². The second-order valence-corrected chi connectivity index (χ2v) is 6.05. The van der Waals surface area contributed by atoms with Crippen molar-refractivity contribution < 1.29 is 4.79 Å². The van der Waals surface area contributed by atoms with Gasteiger partial charge >= 0.3 is 0 Å². The molecule has 25 heavy (non-hydrogen) atoms. The first-order chi connectivity index (χ1) is 12.0. The smallest absolute Gasteiger partial charge is 0.283 e. The van der Waals surface area contributed by atoms with Crippen molar-refractivity contribution in [2.24, 2.45) is 16.5 Å². The lowest BCUT2D eigenvalue weighted by Crippen LogP contribution is -2.24. The Kier molecular flexibility index (Phi) is 3.38. The number of fused-ring (bicyclic) bond motifs is 1. The molecule has 1 aliphatic rings. The second kappa shape index (κ2) is 5.59. The minimum atomic E-state index is -0.498. The Morgan fingerprint density at radius 3 is 2.76 bits per heavy atom. The van der Waals surface area contributed by atoms with E-state index in [0.717, 1.165) is 23.9 Å². The molecule has 1 amide bonds. The van der Waals surface area contributed by atoms with Gasteiger partial charge in [0.1, 0.15) is 0 Å². The van der Waals surface area contributed by atoms with E-state index in [4.69, 9.17) is 11.5 Å². The van der Waals surface area contributed by atoms with Gasteiger partial charge in [-0.25, -0.2) is 4.68 Å². The first-order valence-corrected chi connectivity index (χ1v) is 7.89. The molecule has 1 saturated carbocycles. The number of rotatable bonds is 3. The number of hydrogen-bond acceptors (Lipinski definition) is 3. The molecule has 0 unspecified atom stereocenters. The van der Waals surface area contributed by atoms with Crippen molar-refractivity contribution >= 4 is 22.8 Å². The topological polar surface area (TPSA) is 132 Å². The summed E-state index contributed by atoms with van der Waals surface area (Å²) in [7, 11) is 0. The van der Waals surface area contributed by atoms with Gasteiger partial charge in [0.05, 0.1) is 22.5 Å². The van der Waals surface area contributed by atoms with Gasteiger partial charge in [-0.2, -0.15) is 10.1 Å². The lowest BCUT2D eigenvalue weighted by atomic mass is 10.1. The summed E-state index contributed by atoms with van der Waals surface area (Å²) >= 11 is 0. The summed E-state index contributed by atoms with van der Waals surface area (Å²) in [5.74, 6) is -0.520. The van der Waals surface area contributed by atoms with Crippen molar-refractivity contribution in [1.29, 1.82) is 0 Å². The van der Waals surface area contributed by atoms with Crippen LogP contribution in [-0.4, -0.2) is 26.6 Å². The zero-order valence-corrected chi connectivity index (χ0v) is 13.3. The van der Waals surface area contributed by atoms with Crippen molar-refractivity contribution in [3.63, 3.8) is 0 Å². The van der Waals surface area contributed by atoms with Crippen LogP contribution in [0.5, 0.6) is 0 Å². The number of nitrogens with one attached hydrogen (secondary N) is 1. The summed E-state index contributed by atoms with van der Waals surface area (Å²) in [5, 5.41) is 5.42. The maximum atomic E-state index is 12.3. The number of amides is 1. The molecule has 1 aromatic carbocycles. The molecule has 1 aliphatic carbocycles. The van der Waals surface area contributed by atoms with Crippen LogP contribution in [0.25, 0.3) is 16.6 Å². The fourth-order valence-corrected chi connectivity index (χ4v) is 2.88. The average Bonchev–Trinajstić information content (AvgIpc) is 3.32. The predicted molar refractivity (Wildman–Crippen MR) is 93.8 cm³/mol. The van der Waals surface area contributed by atoms with Gasteiger partial charge in [0.15, 0.2) is 5.96 Å². The van der Waals surface area contributed by atoms with E-state index in [-0.39, 0.29) is 17.4 Å². The van der Waals surface area contributed by atoms with E-state index in [1.165, 1.54) is 6.07 Å². The molecular formula is C17H16N6O2. The Balaban J connectivity index is 1.88. The second-order valence-electron chi connectivity index (χ2n) is 6.05. The maximum absolute atomic E-state index is 12.3. The van der Waals surface area contributed by atoms with Crippen LogP contribution in [0.2, 0.25) is 0 Å². The summed E-state index contributed by atoms with van der Waals surface area (Å²) < 4.78 is 1.64. The first-order valence-electron chi connectivity index (χ1n) is 7.89. The van der Waals surface area contributed by atoms with E-state index in [0.29, 0.717) is 16.8 Å². The minimum absolute atomic E-state index is 0.174. The van der Waals surface area contributed by atoms with Gasteiger partial charge in [0.25, 0.3) is 5.91 Å². The number of benzene rings is 1. The van der Waals surface area contributed by atoms with Crippen LogP contribution in [0.1, 0.15) is 34.8 Å². The Hall–Kier alpha value is -3.42. The fraction of sp³-hybridized carbons (Fsp3) is 0.176. The fourth-order valence-electron chi connectivity index (χ4n) is 2.88. The molecule has 2 heterocycles. The van der Waals surface area contributed by atoms with Crippen molar-refractivity contribution in [3.05, 3.63) is 58.1 Å². The highest BCUT2D eigenvalue weighted by Gasteiger charge is 2.32. The van der Waals surface area contributed by atoms with E-state index >= 15 is 0 Å². The van der Waals surface area contributed by atoms with E-state index in [2.05, 4.69) is 15.1 Å². The number of aromatic amines is 1. The van der Waals surface area contributed by atoms with Crippen LogP contribution < -0.4 is 17.0 Å². The number of aliphatic imine (C=N–C) groups is 1. The van der Waals surface area contributed by atoms with Gasteiger partial charge in [0.2, 0.25) is 5.56 Å². The summed E-state index contributed by atoms with van der Waals surface area (Å²) in [6.07, 6.45) is 3.62. The molecule has 0 saturated heterocycles. The van der Waals surface area contributed by atoms with Gasteiger partial charge in [-0.1, -0.05) is 6.07 Å². The number of hydrogen-bond donors (Lipinski definition) is 3. The molecule has 0 spiro atoms.